The molecule has 0 bridgehead atoms. The van der Waals surface area contributed by atoms with Crippen molar-refractivity contribution in [3.63, 3.8) is 0 Å². The average Bonchev–Trinajstić information content (AvgIpc) is 3.03. The molecule has 24 heavy (non-hydrogen) atoms. The third-order valence-corrected chi connectivity index (χ3v) is 4.28. The first-order valence-corrected chi connectivity index (χ1v) is 8.02. The van der Waals surface area contributed by atoms with Crippen molar-refractivity contribution in [3.8, 4) is 11.4 Å². The number of primary amides is 1. The Morgan fingerprint density at radius 1 is 1.25 bits per heavy atom. The Kier molecular flexibility index (Phi) is 4.54. The normalized spacial score (nSPS) is 17.7. The Morgan fingerprint density at radius 3 is 2.67 bits per heavy atom. The van der Waals surface area contributed by atoms with Crippen LogP contribution in [0.3, 0.4) is 0 Å². The molecule has 8 heteroatoms. The summed E-state index contributed by atoms with van der Waals surface area (Å²) in [6, 6.07) is 6.89. The van der Waals surface area contributed by atoms with Gasteiger partial charge in [-0.05, 0) is 43.5 Å². The van der Waals surface area contributed by atoms with Crippen molar-refractivity contribution in [2.24, 2.45) is 5.73 Å². The van der Waals surface area contributed by atoms with Crippen LogP contribution in [0.25, 0.3) is 11.4 Å². The molecule has 3 rings (SSSR count). The standard InChI is InChI=1S/C16H20N6O2/c1-11-4-2-3-9-21(11)14(23)10-22-19-16(18-20-22)13-7-5-12(6-8-13)15(17)24/h5-8,11H,2-4,9-10H2,1H3,(H2,17,24)/t11-/m0/s1. The molecular formula is C16H20N6O2. The molecule has 1 saturated heterocycles. The van der Waals surface area contributed by atoms with Crippen LogP contribution >= 0.6 is 0 Å². The zero-order valence-corrected chi connectivity index (χ0v) is 13.6. The second-order valence-electron chi connectivity index (χ2n) is 6.02. The van der Waals surface area contributed by atoms with Crippen LogP contribution in [0.2, 0.25) is 0 Å². The first-order chi connectivity index (χ1) is 11.5. The number of carbonyl (C=O) groups excluding carboxylic acids is 2. The second kappa shape index (κ2) is 6.77. The highest BCUT2D eigenvalue weighted by molar-refractivity contribution is 5.93. The number of nitrogens with zero attached hydrogens (tertiary/aromatic N) is 5. The predicted molar refractivity (Wildman–Crippen MR) is 86.8 cm³/mol. The lowest BCUT2D eigenvalue weighted by atomic mass is 10.0. The van der Waals surface area contributed by atoms with Gasteiger partial charge in [-0.3, -0.25) is 9.59 Å². The molecule has 0 aliphatic carbocycles. The minimum atomic E-state index is -0.487. The average molecular weight is 328 g/mol. The fourth-order valence-corrected chi connectivity index (χ4v) is 2.89. The summed E-state index contributed by atoms with van der Waals surface area (Å²) < 4.78 is 0. The summed E-state index contributed by atoms with van der Waals surface area (Å²) in [4.78, 5) is 26.7. The van der Waals surface area contributed by atoms with Crippen molar-refractivity contribution in [1.29, 1.82) is 0 Å². The highest BCUT2D eigenvalue weighted by Crippen LogP contribution is 2.17. The van der Waals surface area contributed by atoms with E-state index < -0.39 is 5.91 Å². The van der Waals surface area contributed by atoms with E-state index in [0.29, 0.717) is 17.0 Å². The SMILES string of the molecule is C[C@H]1CCCCN1C(=O)Cn1nnc(-c2ccc(C(N)=O)cc2)n1. The van der Waals surface area contributed by atoms with Gasteiger partial charge in [0.1, 0.15) is 6.54 Å². The minimum absolute atomic E-state index is 0.00947. The summed E-state index contributed by atoms with van der Waals surface area (Å²) in [7, 11) is 0. The van der Waals surface area contributed by atoms with E-state index in [-0.39, 0.29) is 18.5 Å². The molecule has 126 valence electrons. The molecule has 0 saturated carbocycles. The lowest BCUT2D eigenvalue weighted by Gasteiger charge is -2.33. The van der Waals surface area contributed by atoms with Gasteiger partial charge in [-0.1, -0.05) is 12.1 Å². The summed E-state index contributed by atoms with van der Waals surface area (Å²) >= 11 is 0. The third-order valence-electron chi connectivity index (χ3n) is 4.28. The molecule has 1 aromatic heterocycles. The zero-order valence-electron chi connectivity index (χ0n) is 13.6. The van der Waals surface area contributed by atoms with Crippen molar-refractivity contribution in [1.82, 2.24) is 25.1 Å². The number of benzene rings is 1. The quantitative estimate of drug-likeness (QED) is 0.895. The maximum absolute atomic E-state index is 12.4. The van der Waals surface area contributed by atoms with Crippen molar-refractivity contribution in [3.05, 3.63) is 29.8 Å². The van der Waals surface area contributed by atoms with E-state index in [2.05, 4.69) is 22.3 Å². The van der Waals surface area contributed by atoms with E-state index in [4.69, 9.17) is 5.73 Å². The molecule has 0 radical (unpaired) electrons. The summed E-state index contributed by atoms with van der Waals surface area (Å²) in [6.07, 6.45) is 3.24. The number of piperidine rings is 1. The van der Waals surface area contributed by atoms with Crippen LogP contribution in [0.4, 0.5) is 0 Å². The van der Waals surface area contributed by atoms with Crippen molar-refractivity contribution in [2.45, 2.75) is 38.8 Å². The van der Waals surface area contributed by atoms with Crippen molar-refractivity contribution in [2.75, 3.05) is 6.54 Å². The Balaban J connectivity index is 1.69. The van der Waals surface area contributed by atoms with Gasteiger partial charge in [-0.2, -0.15) is 4.80 Å². The van der Waals surface area contributed by atoms with Crippen LogP contribution in [-0.4, -0.2) is 49.5 Å². The van der Waals surface area contributed by atoms with E-state index in [0.717, 1.165) is 25.8 Å². The van der Waals surface area contributed by atoms with Crippen LogP contribution in [-0.2, 0) is 11.3 Å². The van der Waals surface area contributed by atoms with Gasteiger partial charge in [-0.15, -0.1) is 10.2 Å². The van der Waals surface area contributed by atoms with E-state index in [1.807, 2.05) is 4.90 Å². The maximum atomic E-state index is 12.4. The number of tetrazole rings is 1. The number of hydrogen-bond acceptors (Lipinski definition) is 5. The molecule has 1 aliphatic heterocycles. The topological polar surface area (TPSA) is 107 Å². The molecule has 0 spiro atoms. The molecule has 8 nitrogen and oxygen atoms in total. The minimum Gasteiger partial charge on any atom is -0.366 e. The molecule has 1 fully saturated rings. The lowest BCUT2D eigenvalue weighted by molar-refractivity contribution is -0.135. The largest absolute Gasteiger partial charge is 0.366 e. The van der Waals surface area contributed by atoms with Crippen molar-refractivity contribution < 1.29 is 9.59 Å². The van der Waals surface area contributed by atoms with Gasteiger partial charge < -0.3 is 10.6 Å². The monoisotopic (exact) mass is 328 g/mol. The number of carbonyl (C=O) groups is 2. The Bertz CT molecular complexity index is 739. The summed E-state index contributed by atoms with van der Waals surface area (Å²) in [5, 5.41) is 12.2. The van der Waals surface area contributed by atoms with Crippen LogP contribution in [0.15, 0.2) is 24.3 Å². The third kappa shape index (κ3) is 3.42. The number of likely N-dealkylation sites (tertiary alicyclic amines) is 1. The fraction of sp³-hybridized carbons (Fsp3) is 0.438. The second-order valence-corrected chi connectivity index (χ2v) is 6.02. The molecule has 2 amide bonds. The van der Waals surface area contributed by atoms with Crippen LogP contribution in [0.1, 0.15) is 36.5 Å². The van der Waals surface area contributed by atoms with E-state index >= 15 is 0 Å². The number of nitrogens with two attached hydrogens (primary N) is 1. The highest BCUT2D eigenvalue weighted by Gasteiger charge is 2.24. The van der Waals surface area contributed by atoms with Crippen LogP contribution in [0.5, 0.6) is 0 Å². The molecule has 2 N–H and O–H groups in total. The van der Waals surface area contributed by atoms with Gasteiger partial charge in [0.2, 0.25) is 17.6 Å². The number of amides is 2. The van der Waals surface area contributed by atoms with E-state index in [1.54, 1.807) is 24.3 Å². The van der Waals surface area contributed by atoms with Gasteiger partial charge in [0.15, 0.2) is 0 Å². The summed E-state index contributed by atoms with van der Waals surface area (Å²) in [5.41, 5.74) is 6.34. The Hall–Kier alpha value is -2.77. The van der Waals surface area contributed by atoms with Gasteiger partial charge in [0, 0.05) is 23.7 Å². The zero-order chi connectivity index (χ0) is 17.1. The van der Waals surface area contributed by atoms with Gasteiger partial charge in [-0.25, -0.2) is 0 Å². The maximum Gasteiger partial charge on any atom is 0.248 e. The van der Waals surface area contributed by atoms with Crippen LogP contribution in [0, 0.1) is 0 Å². The van der Waals surface area contributed by atoms with Gasteiger partial charge in [0.25, 0.3) is 0 Å². The highest BCUT2D eigenvalue weighted by atomic mass is 16.2. The predicted octanol–water partition coefficient (Wildman–Crippen LogP) is 0.840. The van der Waals surface area contributed by atoms with Crippen LogP contribution < -0.4 is 5.73 Å². The lowest BCUT2D eigenvalue weighted by Crippen LogP contribution is -2.43. The number of rotatable bonds is 4. The van der Waals surface area contributed by atoms with Crippen molar-refractivity contribution >= 4 is 11.8 Å². The Labute approximate surface area is 139 Å². The summed E-state index contributed by atoms with van der Waals surface area (Å²) in [6.45, 7) is 2.93. The molecular weight excluding hydrogens is 308 g/mol. The van der Waals surface area contributed by atoms with Gasteiger partial charge >= 0.3 is 0 Å². The molecule has 1 aliphatic rings. The molecule has 1 aromatic carbocycles. The smallest absolute Gasteiger partial charge is 0.248 e. The first-order valence-electron chi connectivity index (χ1n) is 8.02. The summed E-state index contributed by atoms with van der Waals surface area (Å²) in [5.74, 6) is -0.0693. The first kappa shape index (κ1) is 16.1. The molecule has 1 atom stereocenters. The fourth-order valence-electron chi connectivity index (χ4n) is 2.89. The van der Waals surface area contributed by atoms with E-state index in [1.165, 1.54) is 4.80 Å². The number of aromatic nitrogens is 4. The Morgan fingerprint density at radius 2 is 2.00 bits per heavy atom. The molecule has 2 heterocycles. The molecule has 2 aromatic rings. The number of hydrogen-bond donors (Lipinski definition) is 1. The molecule has 0 unspecified atom stereocenters. The van der Waals surface area contributed by atoms with Gasteiger partial charge in [0.05, 0.1) is 0 Å². The van der Waals surface area contributed by atoms with E-state index in [9.17, 15) is 9.59 Å².